The van der Waals surface area contributed by atoms with Crippen LogP contribution in [0.1, 0.15) is 18.0 Å². The maximum Gasteiger partial charge on any atom is 0.0783 e. The Labute approximate surface area is 99.9 Å². The lowest BCUT2D eigenvalue weighted by atomic mass is 9.87. The van der Waals surface area contributed by atoms with Crippen molar-refractivity contribution in [2.75, 3.05) is 13.1 Å². The van der Waals surface area contributed by atoms with E-state index in [1.54, 1.807) is 0 Å². The van der Waals surface area contributed by atoms with Crippen LogP contribution in [0.15, 0.2) is 29.4 Å². The Morgan fingerprint density at radius 1 is 1.38 bits per heavy atom. The highest BCUT2D eigenvalue weighted by molar-refractivity contribution is 6.30. The predicted molar refractivity (Wildman–Crippen MR) is 65.7 cm³/mol. The molecule has 2 N–H and O–H groups in total. The molecule has 3 rings (SSSR count). The molecule has 2 aliphatic heterocycles. The maximum absolute atomic E-state index is 6.02. The van der Waals surface area contributed by atoms with Gasteiger partial charge in [-0.2, -0.15) is 5.10 Å². The molecule has 2 aliphatic rings. The lowest BCUT2D eigenvalue weighted by Gasteiger charge is -2.25. The largest absolute Gasteiger partial charge is 0.316 e. The predicted octanol–water partition coefficient (Wildman–Crippen LogP) is 1.95. The van der Waals surface area contributed by atoms with Gasteiger partial charge in [-0.25, -0.2) is 0 Å². The molecule has 16 heavy (non-hydrogen) atoms. The molecule has 0 saturated carbocycles. The molecule has 1 fully saturated rings. The van der Waals surface area contributed by atoms with Crippen LogP contribution in [-0.4, -0.2) is 18.8 Å². The minimum Gasteiger partial charge on any atom is -0.316 e. The summed E-state index contributed by atoms with van der Waals surface area (Å²) >= 11 is 6.02. The molecule has 0 aliphatic carbocycles. The fourth-order valence-electron chi connectivity index (χ4n) is 2.48. The fraction of sp³-hybridized carbons (Fsp3) is 0.417. The van der Waals surface area contributed by atoms with E-state index in [-0.39, 0.29) is 6.04 Å². The van der Waals surface area contributed by atoms with Crippen molar-refractivity contribution in [2.45, 2.75) is 12.5 Å². The Bertz CT molecular complexity index is 430. The summed E-state index contributed by atoms with van der Waals surface area (Å²) in [5, 5.41) is 8.63. The lowest BCUT2D eigenvalue weighted by molar-refractivity contribution is 0.451. The SMILES string of the molecule is Clc1cccc(C2NN=C3CCNCC32)c1. The molecule has 0 bridgehead atoms. The topological polar surface area (TPSA) is 36.4 Å². The van der Waals surface area contributed by atoms with Crippen LogP contribution >= 0.6 is 11.6 Å². The normalized spacial score (nSPS) is 28.2. The second-order valence-electron chi connectivity index (χ2n) is 4.33. The van der Waals surface area contributed by atoms with Gasteiger partial charge >= 0.3 is 0 Å². The summed E-state index contributed by atoms with van der Waals surface area (Å²) in [5.74, 6) is 0.479. The van der Waals surface area contributed by atoms with Gasteiger partial charge in [0.05, 0.1) is 6.04 Å². The van der Waals surface area contributed by atoms with Crippen molar-refractivity contribution in [3.8, 4) is 0 Å². The Balaban J connectivity index is 1.87. The molecule has 0 aromatic heterocycles. The zero-order chi connectivity index (χ0) is 11.0. The summed E-state index contributed by atoms with van der Waals surface area (Å²) in [7, 11) is 0. The van der Waals surface area contributed by atoms with E-state index in [0.29, 0.717) is 5.92 Å². The Kier molecular flexibility index (Phi) is 2.58. The summed E-state index contributed by atoms with van der Waals surface area (Å²) in [5.41, 5.74) is 5.75. The number of nitrogens with one attached hydrogen (secondary N) is 2. The molecule has 0 radical (unpaired) electrons. The van der Waals surface area contributed by atoms with Crippen LogP contribution in [0.25, 0.3) is 0 Å². The number of halogens is 1. The van der Waals surface area contributed by atoms with Gasteiger partial charge in [-0.1, -0.05) is 23.7 Å². The van der Waals surface area contributed by atoms with Crippen LogP contribution in [0.5, 0.6) is 0 Å². The van der Waals surface area contributed by atoms with Gasteiger partial charge < -0.3 is 10.7 Å². The first-order valence-corrected chi connectivity index (χ1v) is 6.00. The number of nitrogens with zero attached hydrogens (tertiary/aromatic N) is 1. The molecule has 1 saturated heterocycles. The molecule has 4 heteroatoms. The number of rotatable bonds is 1. The Hall–Kier alpha value is -1.06. The van der Waals surface area contributed by atoms with Gasteiger partial charge in [0.2, 0.25) is 0 Å². The van der Waals surface area contributed by atoms with Gasteiger partial charge in [0, 0.05) is 36.2 Å². The second-order valence-corrected chi connectivity index (χ2v) is 4.76. The molecule has 3 nitrogen and oxygen atoms in total. The highest BCUT2D eigenvalue weighted by atomic mass is 35.5. The third-order valence-electron chi connectivity index (χ3n) is 3.31. The van der Waals surface area contributed by atoms with E-state index in [1.807, 2.05) is 18.2 Å². The average molecular weight is 236 g/mol. The summed E-state index contributed by atoms with van der Waals surface area (Å²) in [6.45, 7) is 2.04. The van der Waals surface area contributed by atoms with Gasteiger partial charge in [-0.3, -0.25) is 0 Å². The molecule has 0 amide bonds. The van der Waals surface area contributed by atoms with Gasteiger partial charge in [0.1, 0.15) is 0 Å². The number of fused-ring (bicyclic) bond motifs is 1. The van der Waals surface area contributed by atoms with Crippen LogP contribution < -0.4 is 10.7 Å². The van der Waals surface area contributed by atoms with Crippen molar-refractivity contribution in [3.05, 3.63) is 34.9 Å². The van der Waals surface area contributed by atoms with Crippen LogP contribution in [0.4, 0.5) is 0 Å². The number of benzene rings is 1. The molecule has 84 valence electrons. The molecule has 2 unspecified atom stereocenters. The zero-order valence-corrected chi connectivity index (χ0v) is 9.67. The lowest BCUT2D eigenvalue weighted by Crippen LogP contribution is -2.38. The molecular weight excluding hydrogens is 222 g/mol. The van der Waals surface area contributed by atoms with Crippen LogP contribution in [-0.2, 0) is 0 Å². The van der Waals surface area contributed by atoms with Gasteiger partial charge in [-0.15, -0.1) is 0 Å². The first-order chi connectivity index (χ1) is 7.84. The minimum absolute atomic E-state index is 0.279. The Morgan fingerprint density at radius 3 is 3.19 bits per heavy atom. The third kappa shape index (κ3) is 1.70. The number of piperidine rings is 1. The van der Waals surface area contributed by atoms with E-state index < -0.39 is 0 Å². The van der Waals surface area contributed by atoms with E-state index in [1.165, 1.54) is 11.3 Å². The number of hydrogen-bond donors (Lipinski definition) is 2. The molecule has 2 atom stereocenters. The van der Waals surface area contributed by atoms with E-state index in [9.17, 15) is 0 Å². The highest BCUT2D eigenvalue weighted by Crippen LogP contribution is 2.31. The van der Waals surface area contributed by atoms with E-state index in [0.717, 1.165) is 24.5 Å². The summed E-state index contributed by atoms with van der Waals surface area (Å²) in [4.78, 5) is 0. The van der Waals surface area contributed by atoms with Gasteiger partial charge in [0.15, 0.2) is 0 Å². The molecule has 1 aromatic carbocycles. The summed E-state index contributed by atoms with van der Waals surface area (Å²) in [6.07, 6.45) is 1.05. The Morgan fingerprint density at radius 2 is 2.31 bits per heavy atom. The standard InChI is InChI=1S/C12H14ClN3/c13-9-3-1-2-8(6-9)12-10-7-14-5-4-11(10)15-16-12/h1-3,6,10,12,14,16H,4-5,7H2. The highest BCUT2D eigenvalue weighted by Gasteiger charge is 2.34. The quantitative estimate of drug-likeness (QED) is 0.781. The molecule has 2 heterocycles. The van der Waals surface area contributed by atoms with E-state index >= 15 is 0 Å². The van der Waals surface area contributed by atoms with Crippen molar-refractivity contribution in [1.82, 2.24) is 10.7 Å². The maximum atomic E-state index is 6.02. The molecule has 0 spiro atoms. The summed E-state index contributed by atoms with van der Waals surface area (Å²) < 4.78 is 0. The average Bonchev–Trinajstić information content (AvgIpc) is 2.72. The second kappa shape index (κ2) is 4.07. The molecule has 1 aromatic rings. The van der Waals surface area contributed by atoms with E-state index in [4.69, 9.17) is 11.6 Å². The summed E-state index contributed by atoms with van der Waals surface area (Å²) in [6, 6.07) is 8.30. The van der Waals surface area contributed by atoms with Crippen LogP contribution in [0.3, 0.4) is 0 Å². The van der Waals surface area contributed by atoms with Crippen molar-refractivity contribution in [2.24, 2.45) is 11.0 Å². The van der Waals surface area contributed by atoms with Crippen molar-refractivity contribution in [3.63, 3.8) is 0 Å². The zero-order valence-electron chi connectivity index (χ0n) is 8.91. The number of hydrogen-bond acceptors (Lipinski definition) is 3. The van der Waals surface area contributed by atoms with Crippen LogP contribution in [0.2, 0.25) is 5.02 Å². The minimum atomic E-state index is 0.279. The number of hydrazone groups is 1. The molecular formula is C12H14ClN3. The van der Waals surface area contributed by atoms with E-state index in [2.05, 4.69) is 21.9 Å². The third-order valence-corrected chi connectivity index (χ3v) is 3.54. The first-order valence-electron chi connectivity index (χ1n) is 5.63. The first kappa shape index (κ1) is 10.1. The van der Waals surface area contributed by atoms with Crippen molar-refractivity contribution in [1.29, 1.82) is 0 Å². The monoisotopic (exact) mass is 235 g/mol. The smallest absolute Gasteiger partial charge is 0.0783 e. The van der Waals surface area contributed by atoms with Gasteiger partial charge in [-0.05, 0) is 17.7 Å². The van der Waals surface area contributed by atoms with Crippen LogP contribution in [0, 0.1) is 5.92 Å². The van der Waals surface area contributed by atoms with Crippen molar-refractivity contribution >= 4 is 17.3 Å². The van der Waals surface area contributed by atoms with Crippen molar-refractivity contribution < 1.29 is 0 Å². The fourth-order valence-corrected chi connectivity index (χ4v) is 2.67. The van der Waals surface area contributed by atoms with Gasteiger partial charge in [0.25, 0.3) is 0 Å².